The van der Waals surface area contributed by atoms with Crippen molar-refractivity contribution < 1.29 is 28.2 Å². The molecule has 2 atom stereocenters. The lowest BCUT2D eigenvalue weighted by Gasteiger charge is -2.33. The number of carbonyl (C=O) groups is 2. The Balaban J connectivity index is 1.34. The molecular weight excluding hydrogens is 537 g/mol. The summed E-state index contributed by atoms with van der Waals surface area (Å²) in [5, 5.41) is 12.4. The van der Waals surface area contributed by atoms with Crippen molar-refractivity contribution in [1.82, 2.24) is 10.2 Å². The van der Waals surface area contributed by atoms with E-state index in [1.807, 2.05) is 4.90 Å². The average molecular weight is 563 g/mol. The van der Waals surface area contributed by atoms with E-state index in [0.717, 1.165) is 31.5 Å². The van der Waals surface area contributed by atoms with E-state index in [1.165, 1.54) is 18.2 Å². The maximum atomic E-state index is 14.0. The lowest BCUT2D eigenvalue weighted by Crippen LogP contribution is -2.42. The molecule has 1 amide bonds. The number of carboxylic acid groups (broad SMARTS) is 1. The average Bonchev–Trinajstić information content (AvgIpc) is 2.87. The molecule has 0 aliphatic carbocycles. The second-order valence-corrected chi connectivity index (χ2v) is 9.98. The van der Waals surface area contributed by atoms with Gasteiger partial charge in [0.15, 0.2) is 0 Å². The zero-order valence-electron chi connectivity index (χ0n) is 20.3. The van der Waals surface area contributed by atoms with Crippen LogP contribution < -0.4 is 10.1 Å². The van der Waals surface area contributed by atoms with E-state index in [2.05, 4.69) is 5.32 Å². The Hall–Kier alpha value is -3.20. The monoisotopic (exact) mass is 562 g/mol. The van der Waals surface area contributed by atoms with Crippen LogP contribution in [-0.4, -0.2) is 47.1 Å². The van der Waals surface area contributed by atoms with Crippen LogP contribution in [0.3, 0.4) is 0 Å². The number of rotatable bonds is 9. The third-order valence-corrected chi connectivity index (χ3v) is 6.95. The fourth-order valence-electron chi connectivity index (χ4n) is 4.44. The van der Waals surface area contributed by atoms with E-state index in [1.54, 1.807) is 30.3 Å². The number of ether oxygens (including phenoxy) is 1. The number of hydrogen-bond donors (Lipinski definition) is 2. The van der Waals surface area contributed by atoms with Gasteiger partial charge in [-0.15, -0.1) is 0 Å². The number of amides is 1. The molecule has 1 fully saturated rings. The van der Waals surface area contributed by atoms with Crippen molar-refractivity contribution in [2.75, 3.05) is 13.1 Å². The number of aliphatic carboxylic acids is 1. The number of likely N-dealkylation sites (tertiary alicyclic amines) is 1. The first-order valence-electron chi connectivity index (χ1n) is 12.1. The standard InChI is InChI=1S/C28H26Cl2F2N2O4/c29-22-4-1-5-23(30)26(22)27(35)33-25(28(36)37)13-17-6-9-20(10-7-17)38-21-3-2-12-34(16-21)15-18-14-19(31)8-11-24(18)32/h1,4-11,14,21,25H,2-3,12-13,15-16H2,(H,33,35)(H,36,37). The van der Waals surface area contributed by atoms with Crippen molar-refractivity contribution in [3.8, 4) is 5.75 Å². The van der Waals surface area contributed by atoms with Gasteiger partial charge in [0.1, 0.15) is 29.5 Å². The highest BCUT2D eigenvalue weighted by Crippen LogP contribution is 2.25. The summed E-state index contributed by atoms with van der Waals surface area (Å²) in [5.74, 6) is -2.16. The van der Waals surface area contributed by atoms with Crippen molar-refractivity contribution >= 4 is 35.1 Å². The molecule has 10 heteroatoms. The highest BCUT2D eigenvalue weighted by molar-refractivity contribution is 6.39. The van der Waals surface area contributed by atoms with E-state index < -0.39 is 29.6 Å². The van der Waals surface area contributed by atoms with E-state index in [-0.39, 0.29) is 28.1 Å². The van der Waals surface area contributed by atoms with Gasteiger partial charge in [0, 0.05) is 25.1 Å². The largest absolute Gasteiger partial charge is 0.489 e. The van der Waals surface area contributed by atoms with Gasteiger partial charge >= 0.3 is 5.97 Å². The fraction of sp³-hybridized carbons (Fsp3) is 0.286. The number of piperidine rings is 1. The number of hydrogen-bond acceptors (Lipinski definition) is 4. The summed E-state index contributed by atoms with van der Waals surface area (Å²) in [5.41, 5.74) is 1.02. The van der Waals surface area contributed by atoms with Crippen LogP contribution in [0.4, 0.5) is 8.78 Å². The first kappa shape index (κ1) is 27.8. The minimum Gasteiger partial charge on any atom is -0.489 e. The number of carbonyl (C=O) groups excluding carboxylic acids is 1. The molecule has 1 saturated heterocycles. The highest BCUT2D eigenvalue weighted by atomic mass is 35.5. The zero-order valence-corrected chi connectivity index (χ0v) is 21.8. The maximum absolute atomic E-state index is 14.0. The normalized spacial score (nSPS) is 16.6. The Morgan fingerprint density at radius 1 is 1.08 bits per heavy atom. The fourth-order valence-corrected chi connectivity index (χ4v) is 5.00. The van der Waals surface area contributed by atoms with E-state index >= 15 is 0 Å². The second kappa shape index (κ2) is 12.6. The van der Waals surface area contributed by atoms with Gasteiger partial charge in [-0.1, -0.05) is 41.4 Å². The molecule has 3 aromatic rings. The number of halogens is 4. The van der Waals surface area contributed by atoms with E-state index in [4.69, 9.17) is 27.9 Å². The number of carboxylic acids is 1. The predicted molar refractivity (Wildman–Crippen MR) is 141 cm³/mol. The lowest BCUT2D eigenvalue weighted by molar-refractivity contribution is -0.139. The smallest absolute Gasteiger partial charge is 0.326 e. The van der Waals surface area contributed by atoms with Gasteiger partial charge in [0.2, 0.25) is 0 Å². The second-order valence-electron chi connectivity index (χ2n) is 9.16. The van der Waals surface area contributed by atoms with Crippen molar-refractivity contribution in [3.05, 3.63) is 99.0 Å². The Labute approximate surface area is 229 Å². The van der Waals surface area contributed by atoms with Gasteiger partial charge in [-0.25, -0.2) is 13.6 Å². The Kier molecular flexibility index (Phi) is 9.20. The van der Waals surface area contributed by atoms with Gasteiger partial charge in [0.05, 0.1) is 15.6 Å². The number of nitrogens with one attached hydrogen (secondary N) is 1. The molecule has 1 aliphatic heterocycles. The lowest BCUT2D eigenvalue weighted by atomic mass is 10.0. The highest BCUT2D eigenvalue weighted by Gasteiger charge is 2.25. The Morgan fingerprint density at radius 2 is 1.79 bits per heavy atom. The van der Waals surface area contributed by atoms with Gasteiger partial charge < -0.3 is 15.2 Å². The maximum Gasteiger partial charge on any atom is 0.326 e. The van der Waals surface area contributed by atoms with Gasteiger partial charge in [-0.3, -0.25) is 9.69 Å². The van der Waals surface area contributed by atoms with Gasteiger partial charge in [-0.2, -0.15) is 0 Å². The van der Waals surface area contributed by atoms with Crippen molar-refractivity contribution in [3.63, 3.8) is 0 Å². The number of nitrogens with zero attached hydrogens (tertiary/aromatic N) is 1. The minimum atomic E-state index is -1.20. The van der Waals surface area contributed by atoms with Crippen LogP contribution in [0.25, 0.3) is 0 Å². The molecular formula is C28H26Cl2F2N2O4. The van der Waals surface area contributed by atoms with Crippen LogP contribution in [0.15, 0.2) is 60.7 Å². The summed E-state index contributed by atoms with van der Waals surface area (Å²) in [6.45, 7) is 1.62. The molecule has 0 bridgehead atoms. The quantitative estimate of drug-likeness (QED) is 0.347. The first-order chi connectivity index (χ1) is 18.2. The molecule has 2 unspecified atom stereocenters. The molecule has 4 rings (SSSR count). The van der Waals surface area contributed by atoms with Crippen molar-refractivity contribution in [2.24, 2.45) is 0 Å². The Morgan fingerprint density at radius 3 is 2.47 bits per heavy atom. The third kappa shape index (κ3) is 7.22. The summed E-state index contributed by atoms with van der Waals surface area (Å²) in [6.07, 6.45) is 1.59. The van der Waals surface area contributed by atoms with E-state index in [0.29, 0.717) is 30.0 Å². The van der Waals surface area contributed by atoms with Gasteiger partial charge in [-0.05, 0) is 67.4 Å². The first-order valence-corrected chi connectivity index (χ1v) is 12.8. The summed E-state index contributed by atoms with van der Waals surface area (Å²) in [7, 11) is 0. The van der Waals surface area contributed by atoms with E-state index in [9.17, 15) is 23.5 Å². The third-order valence-electron chi connectivity index (χ3n) is 6.32. The molecule has 0 aromatic heterocycles. The topological polar surface area (TPSA) is 78.9 Å². The molecule has 3 aromatic carbocycles. The van der Waals surface area contributed by atoms with Crippen molar-refractivity contribution in [2.45, 2.75) is 38.0 Å². The SMILES string of the molecule is O=C(NC(Cc1ccc(OC2CCCN(Cc3cc(F)ccc3F)C2)cc1)C(=O)O)c1c(Cl)cccc1Cl. The van der Waals surface area contributed by atoms with Crippen LogP contribution in [0, 0.1) is 11.6 Å². The Bertz CT molecular complexity index is 1290. The molecule has 1 aliphatic rings. The summed E-state index contributed by atoms with van der Waals surface area (Å²) in [6, 6.07) is 13.8. The van der Waals surface area contributed by atoms with Crippen LogP contribution in [0.2, 0.25) is 10.0 Å². The molecule has 1 heterocycles. The number of benzene rings is 3. The van der Waals surface area contributed by atoms with Crippen LogP contribution in [-0.2, 0) is 17.8 Å². The molecule has 2 N–H and O–H groups in total. The minimum absolute atomic E-state index is 0.0208. The molecule has 0 radical (unpaired) electrons. The summed E-state index contributed by atoms with van der Waals surface area (Å²) in [4.78, 5) is 26.5. The summed E-state index contributed by atoms with van der Waals surface area (Å²) >= 11 is 12.1. The molecule has 38 heavy (non-hydrogen) atoms. The van der Waals surface area contributed by atoms with Crippen molar-refractivity contribution in [1.29, 1.82) is 0 Å². The molecule has 0 spiro atoms. The van der Waals surface area contributed by atoms with Gasteiger partial charge in [0.25, 0.3) is 5.91 Å². The molecule has 200 valence electrons. The molecule has 6 nitrogen and oxygen atoms in total. The van der Waals surface area contributed by atoms with Crippen LogP contribution in [0.5, 0.6) is 5.75 Å². The predicted octanol–water partition coefficient (Wildman–Crippen LogP) is 5.74. The zero-order chi connectivity index (χ0) is 27.2. The van der Waals surface area contributed by atoms with Crippen LogP contribution >= 0.6 is 23.2 Å². The molecule has 0 saturated carbocycles. The van der Waals surface area contributed by atoms with Crippen LogP contribution in [0.1, 0.15) is 34.3 Å². The summed E-state index contributed by atoms with van der Waals surface area (Å²) < 4.78 is 33.7.